The first-order valence-electron chi connectivity index (χ1n) is 7.20. The lowest BCUT2D eigenvalue weighted by Crippen LogP contribution is -2.42. The summed E-state index contributed by atoms with van der Waals surface area (Å²) < 4.78 is 5.09. The summed E-state index contributed by atoms with van der Waals surface area (Å²) in [4.78, 5) is 38.1. The molecule has 0 unspecified atom stereocenters. The number of carbonyl (C=O) groups excluding carboxylic acids is 3. The summed E-state index contributed by atoms with van der Waals surface area (Å²) >= 11 is 0. The number of urea groups is 1. The van der Waals surface area contributed by atoms with Crippen LogP contribution in [0.25, 0.3) is 0 Å². The number of ether oxygens (including phenoxy) is 1. The van der Waals surface area contributed by atoms with E-state index in [9.17, 15) is 14.4 Å². The van der Waals surface area contributed by atoms with Gasteiger partial charge in [-0.2, -0.15) is 0 Å². The number of amides is 4. The maximum atomic E-state index is 12.0. The number of rotatable bonds is 6. The molecular formula is C15H20N4O4. The standard InChI is InChI=1S/C15H20N4O4/c1-18(10-14(21)19-7-6-16-15(19)22)9-13(20)17-11-4-3-5-12(8-11)23-2/h3-5,8H,6-7,9-10H2,1-2H3,(H,16,22)(H,17,20). The van der Waals surface area contributed by atoms with Crippen LogP contribution in [0.5, 0.6) is 5.75 Å². The third-order valence-electron chi connectivity index (χ3n) is 3.33. The molecule has 1 fully saturated rings. The second kappa shape index (κ2) is 7.59. The Morgan fingerprint density at radius 2 is 2.17 bits per heavy atom. The Hall–Kier alpha value is -2.61. The first-order valence-corrected chi connectivity index (χ1v) is 7.20. The van der Waals surface area contributed by atoms with E-state index in [0.717, 1.165) is 4.90 Å². The second-order valence-corrected chi connectivity index (χ2v) is 5.23. The van der Waals surface area contributed by atoms with Gasteiger partial charge in [-0.3, -0.25) is 19.4 Å². The summed E-state index contributed by atoms with van der Waals surface area (Å²) in [6, 6.07) is 6.62. The molecule has 1 aromatic rings. The number of carbonyl (C=O) groups is 3. The van der Waals surface area contributed by atoms with Crippen LogP contribution in [0.15, 0.2) is 24.3 Å². The second-order valence-electron chi connectivity index (χ2n) is 5.23. The minimum Gasteiger partial charge on any atom is -0.497 e. The molecule has 0 spiro atoms. The minimum absolute atomic E-state index is 0.00104. The fourth-order valence-corrected chi connectivity index (χ4v) is 2.23. The van der Waals surface area contributed by atoms with Crippen LogP contribution in [-0.4, -0.2) is 68.0 Å². The number of imide groups is 1. The number of nitrogens with one attached hydrogen (secondary N) is 2. The maximum Gasteiger partial charge on any atom is 0.324 e. The lowest BCUT2D eigenvalue weighted by atomic mass is 10.3. The van der Waals surface area contributed by atoms with Crippen molar-refractivity contribution in [3.63, 3.8) is 0 Å². The van der Waals surface area contributed by atoms with Gasteiger partial charge in [0.05, 0.1) is 20.2 Å². The summed E-state index contributed by atoms with van der Waals surface area (Å²) in [6.07, 6.45) is 0. The van der Waals surface area contributed by atoms with E-state index in [2.05, 4.69) is 10.6 Å². The van der Waals surface area contributed by atoms with Gasteiger partial charge in [0.15, 0.2) is 0 Å². The molecule has 8 heteroatoms. The summed E-state index contributed by atoms with van der Waals surface area (Å²) in [6.45, 7) is 0.865. The number of methoxy groups -OCH3 is 1. The van der Waals surface area contributed by atoms with E-state index >= 15 is 0 Å². The molecule has 0 aliphatic carbocycles. The topological polar surface area (TPSA) is 91.0 Å². The van der Waals surface area contributed by atoms with Gasteiger partial charge in [0, 0.05) is 24.8 Å². The molecule has 2 N–H and O–H groups in total. The molecule has 1 aliphatic rings. The number of nitrogens with zero attached hydrogens (tertiary/aromatic N) is 2. The first kappa shape index (κ1) is 16.8. The van der Waals surface area contributed by atoms with Gasteiger partial charge in [0.2, 0.25) is 11.8 Å². The Morgan fingerprint density at radius 3 is 2.83 bits per heavy atom. The monoisotopic (exact) mass is 320 g/mol. The average molecular weight is 320 g/mol. The van der Waals surface area contributed by atoms with Crippen molar-refractivity contribution in [2.24, 2.45) is 0 Å². The van der Waals surface area contributed by atoms with Crippen LogP contribution in [0.2, 0.25) is 0 Å². The SMILES string of the molecule is COc1cccc(NC(=O)CN(C)CC(=O)N2CCNC2=O)c1. The predicted octanol–water partition coefficient (Wildman–Crippen LogP) is 0.117. The Labute approximate surface area is 134 Å². The number of hydrogen-bond acceptors (Lipinski definition) is 5. The third-order valence-corrected chi connectivity index (χ3v) is 3.33. The van der Waals surface area contributed by atoms with E-state index in [-0.39, 0.29) is 30.9 Å². The third kappa shape index (κ3) is 4.68. The highest BCUT2D eigenvalue weighted by Gasteiger charge is 2.26. The van der Waals surface area contributed by atoms with Crippen LogP contribution < -0.4 is 15.4 Å². The Balaban J connectivity index is 1.82. The minimum atomic E-state index is -0.385. The van der Waals surface area contributed by atoms with Crippen LogP contribution in [0, 0.1) is 0 Å². The summed E-state index contributed by atoms with van der Waals surface area (Å²) in [7, 11) is 3.20. The van der Waals surface area contributed by atoms with Crippen LogP contribution in [0.4, 0.5) is 10.5 Å². The van der Waals surface area contributed by atoms with Crippen molar-refractivity contribution in [1.29, 1.82) is 0 Å². The van der Waals surface area contributed by atoms with Crippen molar-refractivity contribution in [3.05, 3.63) is 24.3 Å². The number of likely N-dealkylation sites (N-methyl/N-ethyl adjacent to an activating group) is 1. The molecule has 23 heavy (non-hydrogen) atoms. The van der Waals surface area contributed by atoms with E-state index in [0.29, 0.717) is 24.5 Å². The van der Waals surface area contributed by atoms with E-state index in [4.69, 9.17) is 4.74 Å². The van der Waals surface area contributed by atoms with Crippen molar-refractivity contribution in [1.82, 2.24) is 15.1 Å². The van der Waals surface area contributed by atoms with Crippen molar-refractivity contribution in [3.8, 4) is 5.75 Å². The largest absolute Gasteiger partial charge is 0.497 e. The van der Waals surface area contributed by atoms with Crippen LogP contribution >= 0.6 is 0 Å². The fraction of sp³-hybridized carbons (Fsp3) is 0.400. The van der Waals surface area contributed by atoms with Gasteiger partial charge in [0.25, 0.3) is 0 Å². The van der Waals surface area contributed by atoms with E-state index in [1.807, 2.05) is 0 Å². The van der Waals surface area contributed by atoms with E-state index < -0.39 is 0 Å². The van der Waals surface area contributed by atoms with Gasteiger partial charge in [-0.15, -0.1) is 0 Å². The molecule has 8 nitrogen and oxygen atoms in total. The molecule has 1 aliphatic heterocycles. The molecule has 4 amide bonds. The molecule has 1 saturated heterocycles. The normalized spacial score (nSPS) is 13.9. The van der Waals surface area contributed by atoms with Crippen molar-refractivity contribution in [2.75, 3.05) is 45.7 Å². The zero-order chi connectivity index (χ0) is 16.8. The number of anilines is 1. The van der Waals surface area contributed by atoms with Crippen molar-refractivity contribution < 1.29 is 19.1 Å². The molecule has 1 aromatic carbocycles. The molecule has 0 aromatic heterocycles. The lowest BCUT2D eigenvalue weighted by molar-refractivity contribution is -0.128. The summed E-state index contributed by atoms with van der Waals surface area (Å²) in [5, 5.41) is 5.30. The molecule has 0 atom stereocenters. The van der Waals surface area contributed by atoms with Crippen LogP contribution in [0.3, 0.4) is 0 Å². The van der Waals surface area contributed by atoms with Gasteiger partial charge in [-0.05, 0) is 19.2 Å². The van der Waals surface area contributed by atoms with Gasteiger partial charge in [0.1, 0.15) is 5.75 Å². The summed E-state index contributed by atoms with van der Waals surface area (Å²) in [5.41, 5.74) is 0.619. The van der Waals surface area contributed by atoms with Crippen LogP contribution in [-0.2, 0) is 9.59 Å². The molecular weight excluding hydrogens is 300 g/mol. The van der Waals surface area contributed by atoms with Crippen LogP contribution in [0.1, 0.15) is 0 Å². The fourth-order valence-electron chi connectivity index (χ4n) is 2.23. The predicted molar refractivity (Wildman–Crippen MR) is 84.2 cm³/mol. The zero-order valence-electron chi connectivity index (χ0n) is 13.2. The molecule has 2 rings (SSSR count). The molecule has 0 bridgehead atoms. The number of benzene rings is 1. The molecule has 124 valence electrons. The highest BCUT2D eigenvalue weighted by molar-refractivity contribution is 5.97. The van der Waals surface area contributed by atoms with E-state index in [1.54, 1.807) is 43.3 Å². The van der Waals surface area contributed by atoms with Gasteiger partial charge in [-0.1, -0.05) is 6.07 Å². The Kier molecular flexibility index (Phi) is 5.53. The molecule has 0 radical (unpaired) electrons. The summed E-state index contributed by atoms with van der Waals surface area (Å²) in [5.74, 6) is 0.0717. The maximum absolute atomic E-state index is 12.0. The Bertz CT molecular complexity index is 605. The lowest BCUT2D eigenvalue weighted by Gasteiger charge is -2.19. The van der Waals surface area contributed by atoms with Gasteiger partial charge >= 0.3 is 6.03 Å². The van der Waals surface area contributed by atoms with Gasteiger partial charge in [-0.25, -0.2) is 4.79 Å². The Morgan fingerprint density at radius 1 is 1.39 bits per heavy atom. The molecule has 0 saturated carbocycles. The average Bonchev–Trinajstić information content (AvgIpc) is 2.93. The zero-order valence-corrected chi connectivity index (χ0v) is 13.2. The molecule has 1 heterocycles. The number of hydrogen-bond donors (Lipinski definition) is 2. The highest BCUT2D eigenvalue weighted by atomic mass is 16.5. The van der Waals surface area contributed by atoms with Crippen molar-refractivity contribution >= 4 is 23.5 Å². The quantitative estimate of drug-likeness (QED) is 0.777. The smallest absolute Gasteiger partial charge is 0.324 e. The van der Waals surface area contributed by atoms with Gasteiger partial charge < -0.3 is 15.4 Å². The highest BCUT2D eigenvalue weighted by Crippen LogP contribution is 2.16. The first-order chi connectivity index (χ1) is 11.0. The van der Waals surface area contributed by atoms with E-state index in [1.165, 1.54) is 0 Å². The van der Waals surface area contributed by atoms with Crippen molar-refractivity contribution in [2.45, 2.75) is 0 Å².